The Bertz CT molecular complexity index is 860. The summed E-state index contributed by atoms with van der Waals surface area (Å²) >= 11 is 5.69. The second-order valence-electron chi connectivity index (χ2n) is 9.55. The summed E-state index contributed by atoms with van der Waals surface area (Å²) in [5.41, 5.74) is 1.03. The van der Waals surface area contributed by atoms with E-state index in [9.17, 15) is 19.5 Å². The van der Waals surface area contributed by atoms with Gasteiger partial charge in [-0.3, -0.25) is 0 Å². The highest BCUT2D eigenvalue weighted by Crippen LogP contribution is 2.15. The molecule has 0 bridgehead atoms. The van der Waals surface area contributed by atoms with Gasteiger partial charge in [0, 0.05) is 18.1 Å². The van der Waals surface area contributed by atoms with Gasteiger partial charge in [-0.2, -0.15) is 0 Å². The number of rotatable bonds is 23. The maximum absolute atomic E-state index is 12.6. The normalized spacial score (nSPS) is 12.6. The molecule has 0 fully saturated rings. The Morgan fingerprint density at radius 1 is 0.800 bits per heavy atom. The Morgan fingerprint density at radius 2 is 1.32 bits per heavy atom. The van der Waals surface area contributed by atoms with Gasteiger partial charge in [-0.05, 0) is 76.6 Å². The van der Waals surface area contributed by atoms with Crippen molar-refractivity contribution in [2.45, 2.75) is 103 Å². The van der Waals surface area contributed by atoms with Crippen LogP contribution in [0.5, 0.6) is 0 Å². The summed E-state index contributed by atoms with van der Waals surface area (Å²) < 4.78 is 14.7. The van der Waals surface area contributed by atoms with Crippen molar-refractivity contribution in [3.8, 4) is 0 Å². The van der Waals surface area contributed by atoms with Gasteiger partial charge < -0.3 is 24.6 Å². The predicted octanol–water partition coefficient (Wildman–Crippen LogP) is 6.59. The molecule has 1 rings (SSSR count). The zero-order valence-electron chi connectivity index (χ0n) is 24.2. The molecular formula is C31H48ClNO7. The highest BCUT2D eigenvalue weighted by molar-refractivity contribution is 6.17. The minimum absolute atomic E-state index is 0.00205. The Labute approximate surface area is 244 Å². The summed E-state index contributed by atoms with van der Waals surface area (Å²) in [5, 5.41) is 13.5. The van der Waals surface area contributed by atoms with Gasteiger partial charge in [0.1, 0.15) is 0 Å². The molecular weight excluding hydrogens is 534 g/mol. The lowest BCUT2D eigenvalue weighted by atomic mass is 10.1. The number of nitrogens with one attached hydrogen (secondary N) is 1. The van der Waals surface area contributed by atoms with E-state index >= 15 is 0 Å². The average molecular weight is 582 g/mol. The minimum Gasteiger partial charge on any atom is -0.464 e. The number of benzene rings is 1. The first-order valence-electron chi connectivity index (χ1n) is 14.7. The van der Waals surface area contributed by atoms with Crippen molar-refractivity contribution < 1.29 is 33.7 Å². The van der Waals surface area contributed by atoms with Crippen LogP contribution in [0.1, 0.15) is 101 Å². The van der Waals surface area contributed by atoms with Crippen molar-refractivity contribution in [2.24, 2.45) is 0 Å². The number of allylic oxidation sites excluding steroid dienone is 2. The van der Waals surface area contributed by atoms with Crippen LogP contribution >= 0.6 is 11.6 Å². The second kappa shape index (κ2) is 23.2. The molecule has 40 heavy (non-hydrogen) atoms. The van der Waals surface area contributed by atoms with Gasteiger partial charge in [-0.25, -0.2) is 14.4 Å². The zero-order chi connectivity index (χ0) is 29.4. The number of anilines is 1. The number of hydrogen-bond donors (Lipinski definition) is 2. The largest absolute Gasteiger partial charge is 0.464 e. The Balaban J connectivity index is 2.27. The van der Waals surface area contributed by atoms with Gasteiger partial charge in [-0.15, -0.1) is 11.6 Å². The monoisotopic (exact) mass is 581 g/mol. The van der Waals surface area contributed by atoms with Crippen LogP contribution < -0.4 is 5.32 Å². The van der Waals surface area contributed by atoms with Crippen LogP contribution in [0.4, 0.5) is 5.69 Å². The minimum atomic E-state index is -1.98. The van der Waals surface area contributed by atoms with E-state index in [1.54, 1.807) is 38.1 Å². The zero-order valence-corrected chi connectivity index (χ0v) is 25.0. The highest BCUT2D eigenvalue weighted by atomic mass is 35.5. The summed E-state index contributed by atoms with van der Waals surface area (Å²) in [4.78, 5) is 36.6. The molecule has 0 radical (unpaired) electrons. The van der Waals surface area contributed by atoms with E-state index in [2.05, 4.69) is 17.5 Å². The number of halogens is 1. The highest BCUT2D eigenvalue weighted by Gasteiger charge is 2.38. The molecule has 0 heterocycles. The molecule has 2 unspecified atom stereocenters. The van der Waals surface area contributed by atoms with E-state index < -0.39 is 30.1 Å². The molecule has 2 atom stereocenters. The Kier molecular flexibility index (Phi) is 20.5. The number of aliphatic hydroxyl groups is 1. The van der Waals surface area contributed by atoms with Crippen LogP contribution in [0, 0.1) is 0 Å². The van der Waals surface area contributed by atoms with Gasteiger partial charge in [0.15, 0.2) is 6.10 Å². The molecule has 0 amide bonds. The van der Waals surface area contributed by atoms with Crippen molar-refractivity contribution in [1.82, 2.24) is 0 Å². The lowest BCUT2D eigenvalue weighted by Gasteiger charge is -2.20. The van der Waals surface area contributed by atoms with Crippen molar-refractivity contribution in [2.75, 3.05) is 31.0 Å². The molecule has 0 aliphatic heterocycles. The first kappa shape index (κ1) is 35.4. The van der Waals surface area contributed by atoms with Crippen LogP contribution in [0.25, 0.3) is 0 Å². The second-order valence-corrected chi connectivity index (χ2v) is 9.93. The number of carbonyl (C=O) groups excluding carboxylic acids is 3. The summed E-state index contributed by atoms with van der Waals surface area (Å²) in [6.07, 6.45) is 15.3. The van der Waals surface area contributed by atoms with Gasteiger partial charge in [0.25, 0.3) is 0 Å². The van der Waals surface area contributed by atoms with Gasteiger partial charge >= 0.3 is 17.9 Å². The fourth-order valence-corrected chi connectivity index (χ4v) is 4.19. The van der Waals surface area contributed by atoms with Crippen molar-refractivity contribution in [3.63, 3.8) is 0 Å². The van der Waals surface area contributed by atoms with E-state index in [1.807, 2.05) is 0 Å². The van der Waals surface area contributed by atoms with Crippen LogP contribution in [-0.4, -0.2) is 60.9 Å². The van der Waals surface area contributed by atoms with E-state index in [0.717, 1.165) is 43.8 Å². The summed E-state index contributed by atoms with van der Waals surface area (Å²) in [6.45, 7) is 3.94. The molecule has 1 aromatic carbocycles. The SMILES string of the molecule is CCOC(=O)C(O)C(OC(=O)c1ccc(NCCCCCCC=CCCCCCCCCCl)cc1)C(=O)OCC. The number of hydrogen-bond acceptors (Lipinski definition) is 8. The first-order chi connectivity index (χ1) is 19.4. The molecule has 226 valence electrons. The van der Waals surface area contributed by atoms with E-state index in [-0.39, 0.29) is 18.8 Å². The molecule has 1 aromatic rings. The number of aliphatic hydroxyl groups excluding tert-OH is 1. The van der Waals surface area contributed by atoms with Gasteiger partial charge in [0.2, 0.25) is 6.10 Å². The third-order valence-corrected chi connectivity index (χ3v) is 6.50. The molecule has 0 saturated carbocycles. The number of esters is 3. The Morgan fingerprint density at radius 3 is 1.90 bits per heavy atom. The fourth-order valence-electron chi connectivity index (χ4n) is 4.00. The molecule has 2 N–H and O–H groups in total. The molecule has 8 nitrogen and oxygen atoms in total. The van der Waals surface area contributed by atoms with Crippen LogP contribution in [-0.2, 0) is 23.8 Å². The van der Waals surface area contributed by atoms with Crippen LogP contribution in [0.2, 0.25) is 0 Å². The predicted molar refractivity (Wildman–Crippen MR) is 159 cm³/mol. The van der Waals surface area contributed by atoms with E-state index in [0.29, 0.717) is 0 Å². The van der Waals surface area contributed by atoms with Crippen molar-refractivity contribution in [3.05, 3.63) is 42.0 Å². The number of unbranched alkanes of at least 4 members (excludes halogenated alkanes) is 10. The lowest BCUT2D eigenvalue weighted by Crippen LogP contribution is -2.44. The number of ether oxygens (including phenoxy) is 3. The summed E-state index contributed by atoms with van der Waals surface area (Å²) in [5.74, 6) is -2.17. The molecule has 0 saturated heterocycles. The maximum atomic E-state index is 12.6. The lowest BCUT2D eigenvalue weighted by molar-refractivity contribution is -0.172. The number of alkyl halides is 1. The molecule has 9 heteroatoms. The third kappa shape index (κ3) is 15.9. The number of carbonyl (C=O) groups is 3. The standard InChI is InChI=1S/C31H48ClNO7/c1-3-38-30(36)27(34)28(31(37)39-4-2)40-29(35)25-19-21-26(22-20-25)33-24-18-16-14-12-10-8-6-5-7-9-11-13-15-17-23-32/h6,8,19-22,27-28,33-34H,3-5,7,9-18,23-24H2,1-2H3. The topological polar surface area (TPSA) is 111 Å². The van der Waals surface area contributed by atoms with Crippen molar-refractivity contribution >= 4 is 35.2 Å². The molecule has 0 aromatic heterocycles. The maximum Gasteiger partial charge on any atom is 0.350 e. The summed E-state index contributed by atoms with van der Waals surface area (Å²) in [6, 6.07) is 6.58. The van der Waals surface area contributed by atoms with Crippen LogP contribution in [0.15, 0.2) is 36.4 Å². The van der Waals surface area contributed by atoms with Gasteiger partial charge in [0.05, 0.1) is 18.8 Å². The Hall–Kier alpha value is -2.58. The van der Waals surface area contributed by atoms with E-state index in [1.165, 1.54) is 51.4 Å². The third-order valence-electron chi connectivity index (χ3n) is 6.24. The first-order valence-corrected chi connectivity index (χ1v) is 15.2. The van der Waals surface area contributed by atoms with E-state index in [4.69, 9.17) is 25.8 Å². The molecule has 0 spiro atoms. The van der Waals surface area contributed by atoms with Crippen LogP contribution in [0.3, 0.4) is 0 Å². The molecule has 0 aliphatic carbocycles. The average Bonchev–Trinajstić information content (AvgIpc) is 2.95. The smallest absolute Gasteiger partial charge is 0.350 e. The van der Waals surface area contributed by atoms with Gasteiger partial charge in [-0.1, -0.05) is 50.7 Å². The van der Waals surface area contributed by atoms with Crippen molar-refractivity contribution in [1.29, 1.82) is 0 Å². The summed E-state index contributed by atoms with van der Waals surface area (Å²) in [7, 11) is 0. The fraction of sp³-hybridized carbons (Fsp3) is 0.645. The molecule has 0 aliphatic rings. The quantitative estimate of drug-likeness (QED) is 0.0489.